The summed E-state index contributed by atoms with van der Waals surface area (Å²) in [6, 6.07) is 0. The first kappa shape index (κ1) is 10.7. The molecule has 2 aliphatic rings. The Morgan fingerprint density at radius 3 is 3.00 bits per heavy atom. The Morgan fingerprint density at radius 2 is 2.31 bits per heavy atom. The minimum Gasteiger partial charge on any atom is -0.383 e. The van der Waals surface area contributed by atoms with Crippen LogP contribution in [0.15, 0.2) is 4.60 Å². The van der Waals surface area contributed by atoms with Crippen LogP contribution in [0.3, 0.4) is 0 Å². The summed E-state index contributed by atoms with van der Waals surface area (Å²) in [7, 11) is 1.84. The summed E-state index contributed by atoms with van der Waals surface area (Å²) in [6.45, 7) is 3.06. The number of nitrogens with zero attached hydrogens (tertiary/aromatic N) is 4. The van der Waals surface area contributed by atoms with Crippen molar-refractivity contribution in [3.8, 4) is 0 Å². The topological polar surface area (TPSA) is 54.2 Å². The molecule has 0 saturated carbocycles. The lowest BCUT2D eigenvalue weighted by molar-refractivity contribution is -0.0570. The van der Waals surface area contributed by atoms with Crippen molar-refractivity contribution in [2.75, 3.05) is 19.6 Å². The lowest BCUT2D eigenvalue weighted by atomic mass is 9.80. The van der Waals surface area contributed by atoms with Crippen LogP contribution in [-0.2, 0) is 12.6 Å². The zero-order valence-corrected chi connectivity index (χ0v) is 10.8. The number of rotatable bonds is 1. The second kappa shape index (κ2) is 3.51. The van der Waals surface area contributed by atoms with E-state index in [2.05, 4.69) is 31.1 Å². The van der Waals surface area contributed by atoms with Gasteiger partial charge in [0.2, 0.25) is 0 Å². The van der Waals surface area contributed by atoms with Crippen LogP contribution in [0.2, 0.25) is 0 Å². The average Bonchev–Trinajstić information content (AvgIpc) is 2.80. The Bertz CT molecular complexity index is 401. The molecular formula is C10H15BrN4O. The number of hydrogen-bond acceptors (Lipinski definition) is 4. The normalized spacial score (nSPS) is 37.9. The zero-order chi connectivity index (χ0) is 11.3. The predicted octanol–water partition coefficient (Wildman–Crippen LogP) is 0.491. The third kappa shape index (κ3) is 1.36. The molecule has 0 aromatic carbocycles. The van der Waals surface area contributed by atoms with Gasteiger partial charge in [-0.1, -0.05) is 5.21 Å². The van der Waals surface area contributed by atoms with E-state index < -0.39 is 5.60 Å². The molecule has 1 aromatic rings. The fourth-order valence-corrected chi connectivity index (χ4v) is 3.73. The van der Waals surface area contributed by atoms with Gasteiger partial charge in [0.1, 0.15) is 11.3 Å². The van der Waals surface area contributed by atoms with Crippen LogP contribution in [0.25, 0.3) is 0 Å². The van der Waals surface area contributed by atoms with Crippen molar-refractivity contribution < 1.29 is 5.11 Å². The molecule has 0 amide bonds. The average molecular weight is 287 g/mol. The van der Waals surface area contributed by atoms with Gasteiger partial charge in [-0.15, -0.1) is 5.10 Å². The summed E-state index contributed by atoms with van der Waals surface area (Å²) < 4.78 is 2.37. The van der Waals surface area contributed by atoms with Gasteiger partial charge in [0.15, 0.2) is 4.60 Å². The molecule has 88 valence electrons. The molecule has 3 rings (SSSR count). The van der Waals surface area contributed by atoms with E-state index in [1.807, 2.05) is 7.05 Å². The molecule has 3 unspecified atom stereocenters. The van der Waals surface area contributed by atoms with Crippen molar-refractivity contribution in [3.63, 3.8) is 0 Å². The van der Waals surface area contributed by atoms with E-state index in [1.165, 1.54) is 0 Å². The highest BCUT2D eigenvalue weighted by Gasteiger charge is 2.48. The molecule has 3 heterocycles. The molecule has 1 aromatic heterocycles. The van der Waals surface area contributed by atoms with Crippen molar-refractivity contribution in [2.45, 2.75) is 18.4 Å². The molecule has 2 fully saturated rings. The van der Waals surface area contributed by atoms with Crippen LogP contribution < -0.4 is 0 Å². The fourth-order valence-electron chi connectivity index (χ4n) is 3.06. The maximum atomic E-state index is 10.9. The standard InChI is InChI=1S/C10H15BrN4O/c1-14-8(9(11)12-13-14)10(16)3-5-15-4-2-7(10)6-15/h7,16H,2-6H2,1H3. The van der Waals surface area contributed by atoms with E-state index in [-0.39, 0.29) is 0 Å². The summed E-state index contributed by atoms with van der Waals surface area (Å²) in [6.07, 6.45) is 1.84. The van der Waals surface area contributed by atoms with Gasteiger partial charge in [0.25, 0.3) is 0 Å². The molecule has 1 N–H and O–H groups in total. The summed E-state index contributed by atoms with van der Waals surface area (Å²) in [4.78, 5) is 2.41. The largest absolute Gasteiger partial charge is 0.383 e. The fraction of sp³-hybridized carbons (Fsp3) is 0.800. The van der Waals surface area contributed by atoms with E-state index in [9.17, 15) is 5.11 Å². The summed E-state index contributed by atoms with van der Waals surface area (Å²) in [5.41, 5.74) is 0.0726. The first-order valence-electron chi connectivity index (χ1n) is 5.61. The second-order valence-corrected chi connectivity index (χ2v) is 5.56. The van der Waals surface area contributed by atoms with Gasteiger partial charge >= 0.3 is 0 Å². The molecule has 2 aliphatic heterocycles. The molecule has 2 saturated heterocycles. The molecule has 2 bridgehead atoms. The van der Waals surface area contributed by atoms with Crippen LogP contribution >= 0.6 is 15.9 Å². The highest BCUT2D eigenvalue weighted by atomic mass is 79.9. The second-order valence-electron chi connectivity index (χ2n) is 4.81. The zero-order valence-electron chi connectivity index (χ0n) is 9.23. The van der Waals surface area contributed by atoms with E-state index in [0.717, 1.165) is 38.2 Å². The van der Waals surface area contributed by atoms with Crippen molar-refractivity contribution >= 4 is 15.9 Å². The molecule has 0 spiro atoms. The Morgan fingerprint density at radius 1 is 1.50 bits per heavy atom. The van der Waals surface area contributed by atoms with Gasteiger partial charge < -0.3 is 10.0 Å². The lowest BCUT2D eigenvalue weighted by Gasteiger charge is -2.38. The van der Waals surface area contributed by atoms with E-state index in [4.69, 9.17) is 0 Å². The van der Waals surface area contributed by atoms with Crippen LogP contribution in [0.5, 0.6) is 0 Å². The number of aromatic nitrogens is 3. The van der Waals surface area contributed by atoms with Gasteiger partial charge in [0.05, 0.1) is 0 Å². The SMILES string of the molecule is Cn1nnc(Br)c1C1(O)CCN2CCC1C2. The monoisotopic (exact) mass is 286 g/mol. The van der Waals surface area contributed by atoms with Gasteiger partial charge in [-0.05, 0) is 35.3 Å². The van der Waals surface area contributed by atoms with Gasteiger partial charge in [0, 0.05) is 26.1 Å². The molecule has 0 radical (unpaired) electrons. The Kier molecular flexibility index (Phi) is 2.35. The maximum absolute atomic E-state index is 10.9. The Balaban J connectivity index is 2.04. The van der Waals surface area contributed by atoms with Crippen LogP contribution in [0.1, 0.15) is 18.5 Å². The van der Waals surface area contributed by atoms with Crippen LogP contribution in [0.4, 0.5) is 0 Å². The first-order chi connectivity index (χ1) is 7.61. The summed E-state index contributed by atoms with van der Waals surface area (Å²) in [5.74, 6) is 0.315. The Hall–Kier alpha value is -0.460. The molecule has 5 nitrogen and oxygen atoms in total. The number of aryl methyl sites for hydroxylation is 1. The smallest absolute Gasteiger partial charge is 0.154 e. The highest BCUT2D eigenvalue weighted by Crippen LogP contribution is 2.44. The third-order valence-electron chi connectivity index (χ3n) is 3.95. The highest BCUT2D eigenvalue weighted by molar-refractivity contribution is 9.10. The molecular weight excluding hydrogens is 272 g/mol. The minimum atomic E-state index is -0.760. The third-order valence-corrected chi connectivity index (χ3v) is 4.49. The van der Waals surface area contributed by atoms with Crippen LogP contribution in [-0.4, -0.2) is 44.6 Å². The maximum Gasteiger partial charge on any atom is 0.154 e. The number of fused-ring (bicyclic) bond motifs is 2. The number of piperidine rings is 1. The van der Waals surface area contributed by atoms with Crippen molar-refractivity contribution in [1.29, 1.82) is 0 Å². The first-order valence-corrected chi connectivity index (χ1v) is 6.41. The predicted molar refractivity (Wildman–Crippen MR) is 61.8 cm³/mol. The molecule has 6 heteroatoms. The number of hydrogen-bond donors (Lipinski definition) is 1. The molecule has 3 atom stereocenters. The molecule has 0 aliphatic carbocycles. The van der Waals surface area contributed by atoms with Crippen molar-refractivity contribution in [2.24, 2.45) is 13.0 Å². The van der Waals surface area contributed by atoms with Crippen molar-refractivity contribution in [1.82, 2.24) is 19.9 Å². The van der Waals surface area contributed by atoms with Gasteiger partial charge in [-0.2, -0.15) is 0 Å². The minimum absolute atomic E-state index is 0.315. The van der Waals surface area contributed by atoms with Crippen molar-refractivity contribution in [3.05, 3.63) is 10.3 Å². The lowest BCUT2D eigenvalue weighted by Crippen LogP contribution is -2.45. The summed E-state index contributed by atoms with van der Waals surface area (Å²) in [5, 5.41) is 18.9. The number of aliphatic hydroxyl groups is 1. The Labute approximate surface area is 103 Å². The van der Waals surface area contributed by atoms with E-state index in [0.29, 0.717) is 10.5 Å². The van der Waals surface area contributed by atoms with Crippen LogP contribution in [0, 0.1) is 5.92 Å². The quantitative estimate of drug-likeness (QED) is 0.817. The van der Waals surface area contributed by atoms with Gasteiger partial charge in [-0.25, -0.2) is 4.68 Å². The molecule has 16 heavy (non-hydrogen) atoms. The van der Waals surface area contributed by atoms with Gasteiger partial charge in [-0.3, -0.25) is 0 Å². The van der Waals surface area contributed by atoms with E-state index in [1.54, 1.807) is 4.68 Å². The number of halogens is 1. The summed E-state index contributed by atoms with van der Waals surface area (Å²) >= 11 is 3.39. The van der Waals surface area contributed by atoms with E-state index >= 15 is 0 Å².